The smallest absolute Gasteiger partial charge is 0.112 e. The molecule has 0 aliphatic carbocycles. The van der Waals surface area contributed by atoms with Crippen molar-refractivity contribution < 1.29 is 9.90 Å². The molecule has 0 fully saturated rings. The molecule has 1 unspecified atom stereocenters. The third-order valence-electron chi connectivity index (χ3n) is 2.17. The lowest BCUT2D eigenvalue weighted by Crippen LogP contribution is -2.66. The van der Waals surface area contributed by atoms with E-state index in [9.17, 15) is 9.90 Å². The van der Waals surface area contributed by atoms with Crippen LogP contribution < -0.4 is 5.11 Å². The fourth-order valence-corrected chi connectivity index (χ4v) is 12.9. The van der Waals surface area contributed by atoms with E-state index in [1.807, 2.05) is 0 Å². The second-order valence-electron chi connectivity index (χ2n) is 5.71. The van der Waals surface area contributed by atoms with Crippen molar-refractivity contribution in [2.24, 2.45) is 0 Å². The Balaban J connectivity index is 5.03. The first-order valence-corrected chi connectivity index (χ1v) is 11.9. The molecule has 84 valence electrons. The highest BCUT2D eigenvalue weighted by atomic mass is 28.4. The van der Waals surface area contributed by atoms with Gasteiger partial charge >= 0.3 is 0 Å². The zero-order valence-corrected chi connectivity index (χ0v) is 12.3. The standard InChI is InChI=1S/C9H23NO2Si2/c1-8(9(11)12)10(13(2,3)4)14(5,6)7/h8H,1-7H3,(H,11,12)/p-1. The van der Waals surface area contributed by atoms with Gasteiger partial charge in [0.05, 0.1) is 5.97 Å². The number of carbonyl (C=O) groups excluding carboxylic acids is 1. The number of carboxylic acids is 1. The van der Waals surface area contributed by atoms with Crippen LogP contribution in [0.25, 0.3) is 0 Å². The van der Waals surface area contributed by atoms with Gasteiger partial charge in [-0.05, 0) is 6.92 Å². The Labute approximate surface area is 89.3 Å². The maximum atomic E-state index is 10.9. The quantitative estimate of drug-likeness (QED) is 0.682. The fourth-order valence-electron chi connectivity index (χ4n) is 2.27. The van der Waals surface area contributed by atoms with Gasteiger partial charge in [0, 0.05) is 6.04 Å². The van der Waals surface area contributed by atoms with Crippen molar-refractivity contribution in [3.05, 3.63) is 0 Å². The number of aliphatic carboxylic acids is 1. The Bertz CT molecular complexity index is 204. The minimum Gasteiger partial charge on any atom is -0.548 e. The molecule has 0 radical (unpaired) electrons. The van der Waals surface area contributed by atoms with E-state index in [4.69, 9.17) is 0 Å². The van der Waals surface area contributed by atoms with Crippen LogP contribution in [-0.2, 0) is 4.79 Å². The van der Waals surface area contributed by atoms with Gasteiger partial charge in [0.25, 0.3) is 0 Å². The van der Waals surface area contributed by atoms with Crippen LogP contribution in [0, 0.1) is 0 Å². The summed E-state index contributed by atoms with van der Waals surface area (Å²) in [6.07, 6.45) is 0. The second-order valence-corrected chi connectivity index (χ2v) is 15.8. The molecule has 0 N–H and O–H groups in total. The lowest BCUT2D eigenvalue weighted by Gasteiger charge is -2.47. The first-order chi connectivity index (χ1) is 5.98. The summed E-state index contributed by atoms with van der Waals surface area (Å²) in [5, 5.41) is 10.9. The summed E-state index contributed by atoms with van der Waals surface area (Å²) in [4.78, 5) is 10.9. The van der Waals surface area contributed by atoms with E-state index in [1.165, 1.54) is 0 Å². The van der Waals surface area contributed by atoms with E-state index in [1.54, 1.807) is 6.92 Å². The van der Waals surface area contributed by atoms with Crippen molar-refractivity contribution in [1.29, 1.82) is 0 Å². The molecule has 0 aliphatic heterocycles. The molecule has 0 bridgehead atoms. The molecule has 0 spiro atoms. The number of nitrogens with zero attached hydrogens (tertiary/aromatic N) is 1. The summed E-state index contributed by atoms with van der Waals surface area (Å²) in [5.74, 6) is -0.949. The fraction of sp³-hybridized carbons (Fsp3) is 0.889. The average Bonchev–Trinajstić information content (AvgIpc) is 1.79. The van der Waals surface area contributed by atoms with Crippen LogP contribution in [0.1, 0.15) is 6.92 Å². The summed E-state index contributed by atoms with van der Waals surface area (Å²) in [7, 11) is -3.15. The van der Waals surface area contributed by atoms with Gasteiger partial charge in [-0.2, -0.15) is 0 Å². The predicted octanol–water partition coefficient (Wildman–Crippen LogP) is 1.10. The highest BCUT2D eigenvalue weighted by Gasteiger charge is 2.37. The van der Waals surface area contributed by atoms with Crippen molar-refractivity contribution in [2.45, 2.75) is 52.2 Å². The molecule has 0 aromatic heterocycles. The molecule has 0 aliphatic rings. The monoisotopic (exact) mass is 232 g/mol. The lowest BCUT2D eigenvalue weighted by atomic mass is 10.4. The highest BCUT2D eigenvalue weighted by molar-refractivity contribution is 6.89. The first kappa shape index (κ1) is 13.9. The average molecular weight is 232 g/mol. The molecule has 5 heteroatoms. The Morgan fingerprint density at radius 1 is 1.07 bits per heavy atom. The van der Waals surface area contributed by atoms with Crippen molar-refractivity contribution in [3.8, 4) is 0 Å². The molecule has 3 nitrogen and oxygen atoms in total. The largest absolute Gasteiger partial charge is 0.548 e. The Kier molecular flexibility index (Phi) is 4.12. The maximum absolute atomic E-state index is 10.9. The molecule has 0 saturated carbocycles. The molecule has 0 heterocycles. The summed E-state index contributed by atoms with van der Waals surface area (Å²) in [6.45, 7) is 14.9. The molecular weight excluding hydrogens is 210 g/mol. The van der Waals surface area contributed by atoms with Crippen LogP contribution in [0.4, 0.5) is 0 Å². The normalized spacial score (nSPS) is 15.7. The topological polar surface area (TPSA) is 43.4 Å². The Hall–Kier alpha value is -0.136. The SMILES string of the molecule is CC(C(=O)[O-])N([Si](C)(C)C)[Si](C)(C)C. The number of hydrogen-bond donors (Lipinski definition) is 0. The number of carbonyl (C=O) groups is 1. The van der Waals surface area contributed by atoms with E-state index in [0.717, 1.165) is 0 Å². The van der Waals surface area contributed by atoms with Gasteiger partial charge in [-0.3, -0.25) is 0 Å². The van der Waals surface area contributed by atoms with Crippen molar-refractivity contribution in [3.63, 3.8) is 0 Å². The number of rotatable bonds is 4. The van der Waals surface area contributed by atoms with Gasteiger partial charge in [0.2, 0.25) is 0 Å². The molecule has 0 aromatic rings. The van der Waals surface area contributed by atoms with Gasteiger partial charge in [-0.1, -0.05) is 39.3 Å². The minimum absolute atomic E-state index is 0.451. The van der Waals surface area contributed by atoms with Gasteiger partial charge in [0.1, 0.15) is 16.5 Å². The van der Waals surface area contributed by atoms with Gasteiger partial charge in [0.15, 0.2) is 0 Å². The predicted molar refractivity (Wildman–Crippen MR) is 63.0 cm³/mol. The number of hydrogen-bond acceptors (Lipinski definition) is 3. The summed E-state index contributed by atoms with van der Waals surface area (Å²) < 4.78 is 2.23. The van der Waals surface area contributed by atoms with Gasteiger partial charge < -0.3 is 14.1 Å². The van der Waals surface area contributed by atoms with Crippen LogP contribution in [0.5, 0.6) is 0 Å². The van der Waals surface area contributed by atoms with Gasteiger partial charge in [-0.25, -0.2) is 0 Å². The van der Waals surface area contributed by atoms with E-state index in [-0.39, 0.29) is 0 Å². The summed E-state index contributed by atoms with van der Waals surface area (Å²) in [5.41, 5.74) is 0. The molecule has 1 atom stereocenters. The molecule has 14 heavy (non-hydrogen) atoms. The van der Waals surface area contributed by atoms with E-state index in [0.29, 0.717) is 0 Å². The third kappa shape index (κ3) is 3.55. The van der Waals surface area contributed by atoms with Crippen LogP contribution in [0.2, 0.25) is 39.3 Å². The van der Waals surface area contributed by atoms with Crippen molar-refractivity contribution in [2.75, 3.05) is 0 Å². The van der Waals surface area contributed by atoms with Crippen LogP contribution in [0.3, 0.4) is 0 Å². The second kappa shape index (κ2) is 4.16. The first-order valence-electron chi connectivity index (χ1n) is 4.98. The van der Waals surface area contributed by atoms with E-state index >= 15 is 0 Å². The molecule has 0 rings (SSSR count). The van der Waals surface area contributed by atoms with E-state index < -0.39 is 28.5 Å². The maximum Gasteiger partial charge on any atom is 0.112 e. The zero-order valence-electron chi connectivity index (χ0n) is 10.3. The lowest BCUT2D eigenvalue weighted by molar-refractivity contribution is -0.309. The summed E-state index contributed by atoms with van der Waals surface area (Å²) >= 11 is 0. The van der Waals surface area contributed by atoms with Crippen molar-refractivity contribution in [1.82, 2.24) is 4.23 Å². The Morgan fingerprint density at radius 3 is 1.43 bits per heavy atom. The molecular formula is C9H22NO2Si2-. The van der Waals surface area contributed by atoms with Crippen LogP contribution in [-0.4, -0.2) is 32.7 Å². The number of carboxylic acid groups (broad SMARTS) is 1. The summed E-state index contributed by atoms with van der Waals surface area (Å²) in [6, 6.07) is -0.451. The highest BCUT2D eigenvalue weighted by Crippen LogP contribution is 2.22. The molecule has 0 saturated heterocycles. The van der Waals surface area contributed by atoms with Gasteiger partial charge in [-0.15, -0.1) is 0 Å². The zero-order chi connectivity index (χ0) is 11.7. The Morgan fingerprint density at radius 2 is 1.36 bits per heavy atom. The third-order valence-corrected chi connectivity index (χ3v) is 9.86. The van der Waals surface area contributed by atoms with Crippen LogP contribution in [0.15, 0.2) is 0 Å². The molecule has 0 amide bonds. The molecule has 0 aromatic carbocycles. The van der Waals surface area contributed by atoms with Crippen molar-refractivity contribution >= 4 is 22.4 Å². The van der Waals surface area contributed by atoms with Crippen LogP contribution >= 0.6 is 0 Å². The van der Waals surface area contributed by atoms with E-state index in [2.05, 4.69) is 43.5 Å². The minimum atomic E-state index is -1.57.